The normalized spacial score (nSPS) is 10.5. The van der Waals surface area contributed by atoms with E-state index in [9.17, 15) is 9.59 Å². The molecule has 4 heteroatoms. The molecule has 2 N–H and O–H groups in total. The lowest BCUT2D eigenvalue weighted by Gasteiger charge is -2.05. The Morgan fingerprint density at radius 2 is 1.21 bits per heavy atom. The number of unbranched alkanes of at least 4 members (excludes halogenated alkanes) is 12. The van der Waals surface area contributed by atoms with Crippen LogP contribution < -0.4 is 5.32 Å². The van der Waals surface area contributed by atoms with E-state index < -0.39 is 5.97 Å². The predicted molar refractivity (Wildman–Crippen MR) is 100 cm³/mol. The molecule has 0 heterocycles. The third-order valence-corrected chi connectivity index (χ3v) is 4.31. The molecule has 0 aromatic heterocycles. The van der Waals surface area contributed by atoms with E-state index in [1.54, 1.807) is 0 Å². The highest BCUT2D eigenvalue weighted by Crippen LogP contribution is 2.12. The van der Waals surface area contributed by atoms with Crippen LogP contribution >= 0.6 is 0 Å². The Labute approximate surface area is 148 Å². The number of amides is 1. The summed E-state index contributed by atoms with van der Waals surface area (Å²) in [5.41, 5.74) is 0.0220. The molecule has 0 aliphatic carbocycles. The molecule has 0 radical (unpaired) electrons. The van der Waals surface area contributed by atoms with Gasteiger partial charge in [-0.15, -0.1) is 0 Å². The van der Waals surface area contributed by atoms with Crippen LogP contribution in [0.4, 0.5) is 0 Å². The Kier molecular flexibility index (Phi) is 15.6. The molecule has 0 rings (SSSR count). The number of carboxylic acid groups (broad SMARTS) is 1. The fraction of sp³-hybridized carbons (Fsp3) is 0.800. The van der Waals surface area contributed by atoms with Crippen molar-refractivity contribution in [3.05, 3.63) is 12.2 Å². The number of nitrogens with one attached hydrogen (secondary N) is 1. The van der Waals surface area contributed by atoms with Crippen LogP contribution in [0.3, 0.4) is 0 Å². The molecule has 0 fully saturated rings. The summed E-state index contributed by atoms with van der Waals surface area (Å²) >= 11 is 0. The minimum Gasteiger partial charge on any atom is -0.478 e. The first-order chi connectivity index (χ1) is 11.6. The third-order valence-electron chi connectivity index (χ3n) is 4.31. The molecule has 0 saturated carbocycles. The molecule has 4 nitrogen and oxygen atoms in total. The molecule has 0 unspecified atom stereocenters. The van der Waals surface area contributed by atoms with Crippen molar-refractivity contribution in [2.24, 2.45) is 0 Å². The van der Waals surface area contributed by atoms with Gasteiger partial charge in [-0.1, -0.05) is 90.6 Å². The second-order valence-corrected chi connectivity index (χ2v) is 6.68. The van der Waals surface area contributed by atoms with Crippen LogP contribution in [0.25, 0.3) is 0 Å². The Hall–Kier alpha value is -1.32. The molecule has 0 spiro atoms. The highest BCUT2D eigenvalue weighted by atomic mass is 16.4. The van der Waals surface area contributed by atoms with Gasteiger partial charge in [-0.3, -0.25) is 4.79 Å². The van der Waals surface area contributed by atoms with Gasteiger partial charge in [-0.05, 0) is 6.42 Å². The van der Waals surface area contributed by atoms with Gasteiger partial charge in [-0.25, -0.2) is 4.79 Å². The van der Waals surface area contributed by atoms with Gasteiger partial charge in [0.2, 0.25) is 5.91 Å². The quantitative estimate of drug-likeness (QED) is 0.282. The number of carbonyl (C=O) groups excluding carboxylic acids is 1. The zero-order chi connectivity index (χ0) is 18.0. The lowest BCUT2D eigenvalue weighted by molar-refractivity contribution is -0.132. The smallest absolute Gasteiger partial charge is 0.332 e. The summed E-state index contributed by atoms with van der Waals surface area (Å²) in [7, 11) is 0. The Bertz CT molecular complexity index is 353. The highest BCUT2D eigenvalue weighted by Gasteiger charge is 2.06. The summed E-state index contributed by atoms with van der Waals surface area (Å²) in [6.07, 6.45) is 17.1. The summed E-state index contributed by atoms with van der Waals surface area (Å²) in [4.78, 5) is 22.1. The van der Waals surface area contributed by atoms with E-state index in [1.807, 2.05) is 0 Å². The van der Waals surface area contributed by atoms with Crippen molar-refractivity contribution in [1.82, 2.24) is 5.32 Å². The molecular formula is C20H37NO3. The van der Waals surface area contributed by atoms with Gasteiger partial charge < -0.3 is 10.4 Å². The van der Waals surface area contributed by atoms with Gasteiger partial charge in [0.05, 0.1) is 0 Å². The van der Waals surface area contributed by atoms with Gasteiger partial charge in [0.1, 0.15) is 0 Å². The highest BCUT2D eigenvalue weighted by molar-refractivity contribution is 5.87. The molecular weight excluding hydrogens is 302 g/mol. The molecule has 0 aromatic rings. The standard InChI is InChI=1S/C20H37NO3/c1-3-4-5-6-7-8-9-10-11-12-13-14-15-16-19(22)21-17-18(2)20(23)24/h2-17H2,1H3,(H,21,22)(H,23,24). The van der Waals surface area contributed by atoms with E-state index >= 15 is 0 Å². The van der Waals surface area contributed by atoms with Crippen LogP contribution in [0.15, 0.2) is 12.2 Å². The number of hydrogen-bond donors (Lipinski definition) is 2. The fourth-order valence-corrected chi connectivity index (χ4v) is 2.67. The fourth-order valence-electron chi connectivity index (χ4n) is 2.67. The molecule has 24 heavy (non-hydrogen) atoms. The van der Waals surface area contributed by atoms with Gasteiger partial charge >= 0.3 is 5.97 Å². The summed E-state index contributed by atoms with van der Waals surface area (Å²) in [6, 6.07) is 0. The summed E-state index contributed by atoms with van der Waals surface area (Å²) in [5.74, 6) is -1.14. The van der Waals surface area contributed by atoms with Crippen LogP contribution in [0.5, 0.6) is 0 Å². The maximum atomic E-state index is 11.5. The lowest BCUT2D eigenvalue weighted by atomic mass is 10.0. The second kappa shape index (κ2) is 16.5. The minimum atomic E-state index is -1.06. The number of carbonyl (C=O) groups is 2. The Morgan fingerprint density at radius 1 is 0.792 bits per heavy atom. The van der Waals surface area contributed by atoms with E-state index in [1.165, 1.54) is 70.6 Å². The van der Waals surface area contributed by atoms with Crippen LogP contribution in [0.1, 0.15) is 96.8 Å². The molecule has 140 valence electrons. The number of aliphatic carboxylic acids is 1. The minimum absolute atomic E-state index is 0.0220. The van der Waals surface area contributed by atoms with Crippen molar-refractivity contribution in [1.29, 1.82) is 0 Å². The monoisotopic (exact) mass is 339 g/mol. The summed E-state index contributed by atoms with van der Waals surface area (Å²) < 4.78 is 0. The lowest BCUT2D eigenvalue weighted by Crippen LogP contribution is -2.27. The summed E-state index contributed by atoms with van der Waals surface area (Å²) in [6.45, 7) is 5.67. The van der Waals surface area contributed by atoms with Gasteiger partial charge in [0, 0.05) is 18.5 Å². The molecule has 0 atom stereocenters. The van der Waals surface area contributed by atoms with Crippen molar-refractivity contribution in [2.75, 3.05) is 6.54 Å². The maximum absolute atomic E-state index is 11.5. The largest absolute Gasteiger partial charge is 0.478 e. The first-order valence-electron chi connectivity index (χ1n) is 9.75. The SMILES string of the molecule is C=C(CNC(=O)CCCCCCCCCCCCCCC)C(=O)O. The average molecular weight is 340 g/mol. The van der Waals surface area contributed by atoms with Gasteiger partial charge in [0.25, 0.3) is 0 Å². The topological polar surface area (TPSA) is 66.4 Å². The van der Waals surface area contributed by atoms with Crippen molar-refractivity contribution >= 4 is 11.9 Å². The molecule has 0 saturated heterocycles. The van der Waals surface area contributed by atoms with E-state index in [0.29, 0.717) is 6.42 Å². The van der Waals surface area contributed by atoms with Crippen LogP contribution in [0.2, 0.25) is 0 Å². The zero-order valence-electron chi connectivity index (χ0n) is 15.6. The second-order valence-electron chi connectivity index (χ2n) is 6.68. The van der Waals surface area contributed by atoms with Crippen molar-refractivity contribution in [3.8, 4) is 0 Å². The average Bonchev–Trinajstić information content (AvgIpc) is 2.56. The number of carboxylic acids is 1. The zero-order valence-corrected chi connectivity index (χ0v) is 15.6. The van der Waals surface area contributed by atoms with E-state index in [0.717, 1.165) is 12.8 Å². The van der Waals surface area contributed by atoms with E-state index in [4.69, 9.17) is 5.11 Å². The van der Waals surface area contributed by atoms with Crippen LogP contribution in [-0.4, -0.2) is 23.5 Å². The molecule has 0 aliphatic heterocycles. The molecule has 1 amide bonds. The van der Waals surface area contributed by atoms with Crippen molar-refractivity contribution in [3.63, 3.8) is 0 Å². The number of hydrogen-bond acceptors (Lipinski definition) is 2. The maximum Gasteiger partial charge on any atom is 0.332 e. The van der Waals surface area contributed by atoms with E-state index in [-0.39, 0.29) is 18.0 Å². The molecule has 0 bridgehead atoms. The van der Waals surface area contributed by atoms with Crippen LogP contribution in [-0.2, 0) is 9.59 Å². The van der Waals surface area contributed by atoms with Gasteiger partial charge in [-0.2, -0.15) is 0 Å². The first kappa shape index (κ1) is 22.7. The Balaban J connectivity index is 3.23. The Morgan fingerprint density at radius 3 is 1.62 bits per heavy atom. The van der Waals surface area contributed by atoms with Crippen LogP contribution in [0, 0.1) is 0 Å². The van der Waals surface area contributed by atoms with Crippen molar-refractivity contribution < 1.29 is 14.7 Å². The molecule has 0 aliphatic rings. The summed E-state index contributed by atoms with van der Waals surface area (Å²) in [5, 5.41) is 11.2. The van der Waals surface area contributed by atoms with Gasteiger partial charge in [0.15, 0.2) is 0 Å². The molecule has 0 aromatic carbocycles. The van der Waals surface area contributed by atoms with Crippen molar-refractivity contribution in [2.45, 2.75) is 96.8 Å². The predicted octanol–water partition coefficient (Wildman–Crippen LogP) is 5.22. The first-order valence-corrected chi connectivity index (χ1v) is 9.75. The third kappa shape index (κ3) is 15.6. The number of rotatable bonds is 17. The van der Waals surface area contributed by atoms with E-state index in [2.05, 4.69) is 18.8 Å².